The summed E-state index contributed by atoms with van der Waals surface area (Å²) in [5, 5.41) is 14.5. The third kappa shape index (κ3) is 3.28. The summed E-state index contributed by atoms with van der Waals surface area (Å²) in [6.45, 7) is 0.288. The number of rotatable bonds is 5. The van der Waals surface area contributed by atoms with Gasteiger partial charge in [-0.3, -0.25) is 4.79 Å². The van der Waals surface area contributed by atoms with Crippen molar-refractivity contribution >= 4 is 23.2 Å². The fourth-order valence-corrected chi connectivity index (χ4v) is 2.97. The van der Waals surface area contributed by atoms with Crippen LogP contribution in [0.15, 0.2) is 29.6 Å². The molecule has 0 aliphatic heterocycles. The van der Waals surface area contributed by atoms with Crippen LogP contribution in [0.5, 0.6) is 0 Å². The minimum absolute atomic E-state index is 0.214. The molecule has 21 heavy (non-hydrogen) atoms. The van der Waals surface area contributed by atoms with E-state index in [1.165, 1.54) is 17.4 Å². The molecule has 1 saturated carbocycles. The van der Waals surface area contributed by atoms with Gasteiger partial charge in [0.2, 0.25) is 0 Å². The first-order chi connectivity index (χ1) is 10.1. The largest absolute Gasteiger partial charge is 0.478 e. The molecule has 5 nitrogen and oxygen atoms in total. The predicted octanol–water partition coefficient (Wildman–Crippen LogP) is 2.65. The number of thiazole rings is 1. The maximum atomic E-state index is 12.0. The van der Waals surface area contributed by atoms with Crippen LogP contribution in [0.25, 0.3) is 0 Å². The molecule has 3 rings (SSSR count). The number of nitrogens with one attached hydrogen (secondary N) is 1. The van der Waals surface area contributed by atoms with E-state index in [9.17, 15) is 9.59 Å². The molecule has 0 atom stereocenters. The van der Waals surface area contributed by atoms with Crippen LogP contribution < -0.4 is 5.32 Å². The first kappa shape index (κ1) is 13.8. The van der Waals surface area contributed by atoms with Crippen LogP contribution in [-0.4, -0.2) is 22.0 Å². The van der Waals surface area contributed by atoms with Crippen LogP contribution in [0.2, 0.25) is 0 Å². The number of nitrogens with zero attached hydrogens (tertiary/aromatic N) is 1. The molecule has 6 heteroatoms. The summed E-state index contributed by atoms with van der Waals surface area (Å²) < 4.78 is 0. The van der Waals surface area contributed by atoms with E-state index in [-0.39, 0.29) is 18.0 Å². The van der Waals surface area contributed by atoms with E-state index >= 15 is 0 Å². The van der Waals surface area contributed by atoms with Gasteiger partial charge in [-0.1, -0.05) is 12.1 Å². The van der Waals surface area contributed by atoms with E-state index in [1.54, 1.807) is 23.6 Å². The Labute approximate surface area is 125 Å². The molecule has 1 amide bonds. The molecular formula is C15H14N2O3S. The quantitative estimate of drug-likeness (QED) is 0.890. The molecule has 1 aromatic carbocycles. The molecule has 0 bridgehead atoms. The lowest BCUT2D eigenvalue weighted by atomic mass is 10.1. The molecular weight excluding hydrogens is 288 g/mol. The molecule has 0 saturated heterocycles. The minimum atomic E-state index is -0.975. The van der Waals surface area contributed by atoms with Crippen LogP contribution in [0.1, 0.15) is 50.2 Å². The van der Waals surface area contributed by atoms with E-state index in [0.717, 1.165) is 23.4 Å². The van der Waals surface area contributed by atoms with E-state index in [4.69, 9.17) is 5.11 Å². The standard InChI is InChI=1S/C15H14N2O3S/c18-13(12-8-21-14(17-12)10-4-5-10)16-7-9-2-1-3-11(6-9)15(19)20/h1-3,6,8,10H,4-5,7H2,(H,16,18)(H,19,20). The monoisotopic (exact) mass is 302 g/mol. The molecule has 1 aromatic heterocycles. The van der Waals surface area contributed by atoms with Crippen molar-refractivity contribution in [2.75, 3.05) is 0 Å². The number of carbonyl (C=O) groups is 2. The maximum Gasteiger partial charge on any atom is 0.335 e. The number of amides is 1. The Kier molecular flexibility index (Phi) is 3.70. The molecule has 2 aromatic rings. The summed E-state index contributed by atoms with van der Waals surface area (Å²) in [6.07, 6.45) is 2.33. The Balaban J connectivity index is 1.62. The Bertz CT molecular complexity index is 692. The SMILES string of the molecule is O=C(O)c1cccc(CNC(=O)c2csc(C3CC3)n2)c1. The molecule has 1 fully saturated rings. The third-order valence-electron chi connectivity index (χ3n) is 3.31. The fourth-order valence-electron chi connectivity index (χ4n) is 2.00. The van der Waals surface area contributed by atoms with Gasteiger partial charge < -0.3 is 10.4 Å². The van der Waals surface area contributed by atoms with Gasteiger partial charge in [0.25, 0.3) is 5.91 Å². The van der Waals surface area contributed by atoms with Crippen LogP contribution >= 0.6 is 11.3 Å². The third-order valence-corrected chi connectivity index (χ3v) is 4.32. The average Bonchev–Trinajstić information content (AvgIpc) is 3.22. The topological polar surface area (TPSA) is 79.3 Å². The number of hydrogen-bond donors (Lipinski definition) is 2. The molecule has 1 aliphatic carbocycles. The molecule has 0 radical (unpaired) electrons. The van der Waals surface area contributed by atoms with Gasteiger partial charge in [-0.25, -0.2) is 9.78 Å². The van der Waals surface area contributed by atoms with Crippen molar-refractivity contribution in [1.82, 2.24) is 10.3 Å². The van der Waals surface area contributed by atoms with E-state index in [0.29, 0.717) is 11.6 Å². The zero-order chi connectivity index (χ0) is 14.8. The fraction of sp³-hybridized carbons (Fsp3) is 0.267. The van der Waals surface area contributed by atoms with E-state index in [2.05, 4.69) is 10.3 Å². The van der Waals surface area contributed by atoms with Gasteiger partial charge in [-0.2, -0.15) is 0 Å². The zero-order valence-corrected chi connectivity index (χ0v) is 12.0. The molecule has 0 unspecified atom stereocenters. The maximum absolute atomic E-state index is 12.0. The second kappa shape index (κ2) is 5.65. The van der Waals surface area contributed by atoms with Gasteiger partial charge in [-0.05, 0) is 30.5 Å². The Hall–Kier alpha value is -2.21. The van der Waals surface area contributed by atoms with Crippen molar-refractivity contribution in [3.05, 3.63) is 51.5 Å². The number of carboxylic acid groups (broad SMARTS) is 1. The number of hydrogen-bond acceptors (Lipinski definition) is 4. The lowest BCUT2D eigenvalue weighted by Crippen LogP contribution is -2.23. The first-order valence-electron chi connectivity index (χ1n) is 6.69. The second-order valence-corrected chi connectivity index (χ2v) is 5.92. The lowest BCUT2D eigenvalue weighted by molar-refractivity contribution is 0.0696. The summed E-state index contributed by atoms with van der Waals surface area (Å²) in [4.78, 5) is 27.2. The van der Waals surface area contributed by atoms with Crippen molar-refractivity contribution in [3.8, 4) is 0 Å². The second-order valence-electron chi connectivity index (χ2n) is 5.03. The Morgan fingerprint density at radius 2 is 2.19 bits per heavy atom. The Morgan fingerprint density at radius 1 is 1.38 bits per heavy atom. The van der Waals surface area contributed by atoms with Crippen LogP contribution in [0, 0.1) is 0 Å². The van der Waals surface area contributed by atoms with Gasteiger partial charge in [0, 0.05) is 17.8 Å². The van der Waals surface area contributed by atoms with Gasteiger partial charge >= 0.3 is 5.97 Å². The van der Waals surface area contributed by atoms with Crippen molar-refractivity contribution < 1.29 is 14.7 Å². The summed E-state index contributed by atoms with van der Waals surface area (Å²) in [5.41, 5.74) is 1.41. The highest BCUT2D eigenvalue weighted by molar-refractivity contribution is 7.10. The smallest absolute Gasteiger partial charge is 0.335 e. The van der Waals surface area contributed by atoms with Crippen molar-refractivity contribution in [2.24, 2.45) is 0 Å². The highest BCUT2D eigenvalue weighted by Crippen LogP contribution is 2.41. The predicted molar refractivity (Wildman–Crippen MR) is 78.7 cm³/mol. The average molecular weight is 302 g/mol. The molecule has 1 aliphatic rings. The highest BCUT2D eigenvalue weighted by atomic mass is 32.1. The lowest BCUT2D eigenvalue weighted by Gasteiger charge is -2.04. The normalized spacial score (nSPS) is 13.9. The number of carbonyl (C=O) groups excluding carboxylic acids is 1. The summed E-state index contributed by atoms with van der Waals surface area (Å²) in [5.74, 6) is -0.653. The van der Waals surface area contributed by atoms with Crippen LogP contribution in [-0.2, 0) is 6.54 Å². The number of aromatic nitrogens is 1. The zero-order valence-electron chi connectivity index (χ0n) is 11.2. The number of benzene rings is 1. The molecule has 2 N–H and O–H groups in total. The van der Waals surface area contributed by atoms with Gasteiger partial charge in [0.05, 0.1) is 10.6 Å². The highest BCUT2D eigenvalue weighted by Gasteiger charge is 2.27. The first-order valence-corrected chi connectivity index (χ1v) is 7.57. The van der Waals surface area contributed by atoms with Crippen LogP contribution in [0.4, 0.5) is 0 Å². The number of carboxylic acids is 1. The minimum Gasteiger partial charge on any atom is -0.478 e. The Morgan fingerprint density at radius 3 is 2.90 bits per heavy atom. The number of aromatic carboxylic acids is 1. The van der Waals surface area contributed by atoms with Crippen molar-refractivity contribution in [2.45, 2.75) is 25.3 Å². The van der Waals surface area contributed by atoms with Crippen molar-refractivity contribution in [3.63, 3.8) is 0 Å². The van der Waals surface area contributed by atoms with Gasteiger partial charge in [0.15, 0.2) is 0 Å². The van der Waals surface area contributed by atoms with Gasteiger partial charge in [0.1, 0.15) is 5.69 Å². The van der Waals surface area contributed by atoms with E-state index in [1.807, 2.05) is 0 Å². The summed E-state index contributed by atoms with van der Waals surface area (Å²) in [6, 6.07) is 6.53. The molecule has 108 valence electrons. The van der Waals surface area contributed by atoms with Crippen LogP contribution in [0.3, 0.4) is 0 Å². The summed E-state index contributed by atoms with van der Waals surface area (Å²) >= 11 is 1.53. The van der Waals surface area contributed by atoms with Crippen molar-refractivity contribution in [1.29, 1.82) is 0 Å². The van der Waals surface area contributed by atoms with E-state index < -0.39 is 5.97 Å². The van der Waals surface area contributed by atoms with Gasteiger partial charge in [-0.15, -0.1) is 11.3 Å². The molecule has 1 heterocycles. The molecule has 0 spiro atoms. The summed E-state index contributed by atoms with van der Waals surface area (Å²) in [7, 11) is 0.